The SMILES string of the molecule is COc1ccc(CCNC(=O)C2(C)COCc3nnc(C)n32)cc1OC. The van der Waals surface area contributed by atoms with Gasteiger partial charge in [0.2, 0.25) is 5.91 Å². The molecule has 0 saturated heterocycles. The predicted octanol–water partition coefficient (Wildman–Crippen LogP) is 1.21. The van der Waals surface area contributed by atoms with Gasteiger partial charge in [-0.2, -0.15) is 0 Å². The number of nitrogens with zero attached hydrogens (tertiary/aromatic N) is 3. The van der Waals surface area contributed by atoms with Crippen LogP contribution in [-0.4, -0.2) is 48.0 Å². The average Bonchev–Trinajstić information content (AvgIpc) is 3.04. The number of methoxy groups -OCH3 is 2. The molecule has 1 unspecified atom stereocenters. The number of carbonyl (C=O) groups is 1. The molecule has 1 amide bonds. The zero-order valence-corrected chi connectivity index (χ0v) is 15.5. The molecule has 2 heterocycles. The molecule has 0 spiro atoms. The standard InChI is InChI=1S/C18H24N4O4/c1-12-20-21-16-10-26-11-18(2,22(12)16)17(23)19-8-7-13-5-6-14(24-3)15(9-13)25-4/h5-6,9H,7-8,10-11H2,1-4H3,(H,19,23). The van der Waals surface area contributed by atoms with E-state index in [-0.39, 0.29) is 5.91 Å². The highest BCUT2D eigenvalue weighted by Crippen LogP contribution is 2.28. The predicted molar refractivity (Wildman–Crippen MR) is 94.3 cm³/mol. The molecule has 0 saturated carbocycles. The van der Waals surface area contributed by atoms with Crippen LogP contribution in [0.1, 0.15) is 24.1 Å². The lowest BCUT2D eigenvalue weighted by Crippen LogP contribution is -2.53. The Morgan fingerprint density at radius 1 is 1.31 bits per heavy atom. The molecule has 1 atom stereocenters. The molecular formula is C18H24N4O4. The Hall–Kier alpha value is -2.61. The summed E-state index contributed by atoms with van der Waals surface area (Å²) < 4.78 is 18.0. The summed E-state index contributed by atoms with van der Waals surface area (Å²) >= 11 is 0. The normalized spacial score (nSPS) is 18.9. The molecule has 26 heavy (non-hydrogen) atoms. The number of aromatic nitrogens is 3. The van der Waals surface area contributed by atoms with E-state index in [4.69, 9.17) is 14.2 Å². The van der Waals surface area contributed by atoms with Crippen molar-refractivity contribution < 1.29 is 19.0 Å². The van der Waals surface area contributed by atoms with Crippen LogP contribution in [0.15, 0.2) is 18.2 Å². The van der Waals surface area contributed by atoms with E-state index in [1.54, 1.807) is 14.2 Å². The van der Waals surface area contributed by atoms with Gasteiger partial charge in [-0.3, -0.25) is 9.36 Å². The van der Waals surface area contributed by atoms with E-state index in [1.165, 1.54) is 0 Å². The minimum absolute atomic E-state index is 0.109. The molecule has 1 N–H and O–H groups in total. The van der Waals surface area contributed by atoms with Crippen LogP contribution >= 0.6 is 0 Å². The van der Waals surface area contributed by atoms with Crippen molar-refractivity contribution in [3.05, 3.63) is 35.4 Å². The topological polar surface area (TPSA) is 87.5 Å². The van der Waals surface area contributed by atoms with Gasteiger partial charge in [-0.05, 0) is 38.0 Å². The van der Waals surface area contributed by atoms with Crippen LogP contribution in [0.25, 0.3) is 0 Å². The number of benzene rings is 1. The van der Waals surface area contributed by atoms with Crippen molar-refractivity contribution in [2.75, 3.05) is 27.4 Å². The summed E-state index contributed by atoms with van der Waals surface area (Å²) in [5.41, 5.74) is 0.202. The Morgan fingerprint density at radius 2 is 2.08 bits per heavy atom. The first kappa shape index (κ1) is 18.2. The van der Waals surface area contributed by atoms with Gasteiger partial charge in [-0.25, -0.2) is 0 Å². The number of amides is 1. The maximum atomic E-state index is 12.8. The van der Waals surface area contributed by atoms with E-state index in [9.17, 15) is 4.79 Å². The maximum absolute atomic E-state index is 12.8. The van der Waals surface area contributed by atoms with Crippen LogP contribution in [0.2, 0.25) is 0 Å². The Bertz CT molecular complexity index is 804. The minimum Gasteiger partial charge on any atom is -0.493 e. The van der Waals surface area contributed by atoms with Gasteiger partial charge in [-0.15, -0.1) is 10.2 Å². The van der Waals surface area contributed by atoms with Gasteiger partial charge >= 0.3 is 0 Å². The Morgan fingerprint density at radius 3 is 2.81 bits per heavy atom. The van der Waals surface area contributed by atoms with E-state index >= 15 is 0 Å². The van der Waals surface area contributed by atoms with Crippen LogP contribution in [-0.2, 0) is 28.1 Å². The Labute approximate surface area is 152 Å². The average molecular weight is 360 g/mol. The molecule has 0 bridgehead atoms. The molecule has 3 rings (SSSR count). The molecule has 8 nitrogen and oxygen atoms in total. The van der Waals surface area contributed by atoms with Crippen LogP contribution in [0.3, 0.4) is 0 Å². The summed E-state index contributed by atoms with van der Waals surface area (Å²) in [7, 11) is 3.21. The van der Waals surface area contributed by atoms with Gasteiger partial charge in [-0.1, -0.05) is 6.07 Å². The quantitative estimate of drug-likeness (QED) is 0.833. The zero-order chi connectivity index (χ0) is 18.7. The first-order valence-corrected chi connectivity index (χ1v) is 8.48. The van der Waals surface area contributed by atoms with Crippen molar-refractivity contribution in [3.8, 4) is 11.5 Å². The van der Waals surface area contributed by atoms with Gasteiger partial charge in [0.15, 0.2) is 17.3 Å². The lowest BCUT2D eigenvalue weighted by atomic mass is 10.00. The van der Waals surface area contributed by atoms with Crippen LogP contribution in [0.5, 0.6) is 11.5 Å². The third-order valence-electron chi connectivity index (χ3n) is 4.64. The number of carbonyl (C=O) groups excluding carboxylic acids is 1. The van der Waals surface area contributed by atoms with Gasteiger partial charge in [0.1, 0.15) is 18.0 Å². The van der Waals surface area contributed by atoms with Crippen LogP contribution in [0, 0.1) is 6.92 Å². The fourth-order valence-electron chi connectivity index (χ4n) is 3.26. The molecule has 0 fully saturated rings. The summed E-state index contributed by atoms with van der Waals surface area (Å²) in [6, 6.07) is 5.73. The largest absolute Gasteiger partial charge is 0.493 e. The summed E-state index contributed by atoms with van der Waals surface area (Å²) in [5.74, 6) is 2.63. The maximum Gasteiger partial charge on any atom is 0.248 e. The number of hydrogen-bond acceptors (Lipinski definition) is 6. The second-order valence-corrected chi connectivity index (χ2v) is 6.46. The molecule has 1 aliphatic rings. The van der Waals surface area contributed by atoms with E-state index in [2.05, 4.69) is 15.5 Å². The second-order valence-electron chi connectivity index (χ2n) is 6.46. The molecule has 2 aromatic rings. The first-order valence-electron chi connectivity index (χ1n) is 8.48. The Balaban J connectivity index is 1.66. The molecule has 8 heteroatoms. The third kappa shape index (κ3) is 3.24. The fourth-order valence-corrected chi connectivity index (χ4v) is 3.26. The first-order chi connectivity index (χ1) is 12.5. The summed E-state index contributed by atoms with van der Waals surface area (Å²) in [6.45, 7) is 4.85. The highest BCUT2D eigenvalue weighted by atomic mass is 16.5. The van der Waals surface area contributed by atoms with E-state index in [1.807, 2.05) is 36.6 Å². The van der Waals surface area contributed by atoms with Crippen LogP contribution in [0.4, 0.5) is 0 Å². The molecule has 0 aliphatic carbocycles. The van der Waals surface area contributed by atoms with E-state index in [0.717, 1.165) is 5.56 Å². The number of fused-ring (bicyclic) bond motifs is 1. The van der Waals surface area contributed by atoms with Crippen molar-refractivity contribution in [1.29, 1.82) is 0 Å². The van der Waals surface area contributed by atoms with Crippen molar-refractivity contribution in [3.63, 3.8) is 0 Å². The van der Waals surface area contributed by atoms with E-state index < -0.39 is 5.54 Å². The van der Waals surface area contributed by atoms with Gasteiger partial charge in [0.25, 0.3) is 0 Å². The number of ether oxygens (including phenoxy) is 3. The van der Waals surface area contributed by atoms with Crippen molar-refractivity contribution >= 4 is 5.91 Å². The van der Waals surface area contributed by atoms with Crippen molar-refractivity contribution in [2.45, 2.75) is 32.4 Å². The van der Waals surface area contributed by atoms with Crippen molar-refractivity contribution in [1.82, 2.24) is 20.1 Å². The van der Waals surface area contributed by atoms with E-state index in [0.29, 0.717) is 49.3 Å². The number of rotatable bonds is 6. The van der Waals surface area contributed by atoms with Crippen molar-refractivity contribution in [2.24, 2.45) is 0 Å². The van der Waals surface area contributed by atoms with Gasteiger partial charge < -0.3 is 19.5 Å². The molecule has 1 aromatic carbocycles. The second kappa shape index (κ2) is 7.33. The van der Waals surface area contributed by atoms with Gasteiger partial charge in [0, 0.05) is 6.54 Å². The third-order valence-corrected chi connectivity index (χ3v) is 4.64. The minimum atomic E-state index is -0.848. The zero-order valence-electron chi connectivity index (χ0n) is 15.5. The summed E-state index contributed by atoms with van der Waals surface area (Å²) in [4.78, 5) is 12.8. The summed E-state index contributed by atoms with van der Waals surface area (Å²) in [6.07, 6.45) is 0.678. The lowest BCUT2D eigenvalue weighted by molar-refractivity contribution is -0.135. The number of aryl methyl sites for hydroxylation is 1. The number of hydrogen-bond donors (Lipinski definition) is 1. The lowest BCUT2D eigenvalue weighted by Gasteiger charge is -2.34. The highest BCUT2D eigenvalue weighted by molar-refractivity contribution is 5.84. The smallest absolute Gasteiger partial charge is 0.248 e. The summed E-state index contributed by atoms with van der Waals surface area (Å²) in [5, 5.41) is 11.1. The monoisotopic (exact) mass is 360 g/mol. The van der Waals surface area contributed by atoms with Gasteiger partial charge in [0.05, 0.1) is 20.8 Å². The molecule has 0 radical (unpaired) electrons. The molecule has 1 aromatic heterocycles. The highest BCUT2D eigenvalue weighted by Gasteiger charge is 2.41. The molecule has 140 valence electrons. The fraction of sp³-hybridized carbons (Fsp3) is 0.500. The Kier molecular flexibility index (Phi) is 5.13. The molecule has 1 aliphatic heterocycles. The van der Waals surface area contributed by atoms with Crippen LogP contribution < -0.4 is 14.8 Å². The molecular weight excluding hydrogens is 336 g/mol. The number of nitrogens with one attached hydrogen (secondary N) is 1.